The average molecular weight is 1300 g/mol. The summed E-state index contributed by atoms with van der Waals surface area (Å²) in [4.78, 5) is 88.7. The number of esters is 3. The lowest BCUT2D eigenvalue weighted by Gasteiger charge is -2.24. The second kappa shape index (κ2) is 44.8. The molecule has 92 heavy (non-hydrogen) atoms. The van der Waals surface area contributed by atoms with Crippen molar-refractivity contribution in [2.45, 2.75) is 136 Å². The Morgan fingerprint density at radius 1 is 0.554 bits per heavy atom. The van der Waals surface area contributed by atoms with Crippen molar-refractivity contribution in [2.75, 3.05) is 133 Å². The van der Waals surface area contributed by atoms with Crippen LogP contribution < -0.4 is 15.2 Å². The van der Waals surface area contributed by atoms with E-state index in [-0.39, 0.29) is 56.6 Å². The van der Waals surface area contributed by atoms with Crippen molar-refractivity contribution >= 4 is 47.4 Å². The highest BCUT2D eigenvalue weighted by molar-refractivity contribution is 6.03. The van der Waals surface area contributed by atoms with Crippen LogP contribution >= 0.6 is 0 Å². The molecule has 4 rings (SSSR count). The molecule has 512 valence electrons. The molecule has 29 heteroatoms. The van der Waals surface area contributed by atoms with Crippen LogP contribution in [-0.2, 0) is 97.3 Å². The van der Waals surface area contributed by atoms with E-state index in [1.807, 2.05) is 36.4 Å². The minimum Gasteiger partial charge on any atom is -0.494 e. The minimum atomic E-state index is -0.752. The predicted octanol–water partition coefficient (Wildman–Crippen LogP) is 8.36. The Labute approximate surface area is 539 Å². The zero-order valence-corrected chi connectivity index (χ0v) is 55.0. The third kappa shape index (κ3) is 35.3. The molecule has 2 atom stereocenters. The summed E-state index contributed by atoms with van der Waals surface area (Å²) in [6, 6.07) is 11.5. The quantitative estimate of drug-likeness (QED) is 0.00920. The number of fused-ring (bicyclic) bond motifs is 2. The van der Waals surface area contributed by atoms with Gasteiger partial charge in [-0.2, -0.15) is 4.99 Å². The summed E-state index contributed by atoms with van der Waals surface area (Å²) < 4.78 is 65.3. The monoisotopic (exact) mass is 1300 g/mol. The third-order valence-corrected chi connectivity index (χ3v) is 13.6. The van der Waals surface area contributed by atoms with Crippen LogP contribution in [0.25, 0.3) is 20.9 Å². The van der Waals surface area contributed by atoms with Gasteiger partial charge in [-0.15, -0.1) is 0 Å². The van der Waals surface area contributed by atoms with Crippen molar-refractivity contribution in [3.63, 3.8) is 0 Å². The predicted molar refractivity (Wildman–Crippen MR) is 339 cm³/mol. The Hall–Kier alpha value is -7.62. The number of nitrogens with one attached hydrogen (secondary N) is 1. The lowest BCUT2D eigenvalue weighted by molar-refractivity contribution is -0.153. The number of hydrogen-bond donors (Lipinski definition) is 2. The zero-order valence-electron chi connectivity index (χ0n) is 55.0. The molecule has 0 unspecified atom stereocenters. The Morgan fingerprint density at radius 2 is 0.957 bits per heavy atom. The normalized spacial score (nSPS) is 14.8. The van der Waals surface area contributed by atoms with E-state index >= 15 is 0 Å². The van der Waals surface area contributed by atoms with Crippen molar-refractivity contribution in [3.8, 4) is 11.5 Å². The van der Waals surface area contributed by atoms with Crippen LogP contribution in [0.5, 0.6) is 11.5 Å². The van der Waals surface area contributed by atoms with Gasteiger partial charge >= 0.3 is 24.0 Å². The van der Waals surface area contributed by atoms with E-state index in [9.17, 15) is 28.8 Å². The van der Waals surface area contributed by atoms with Gasteiger partial charge in [0.15, 0.2) is 0 Å². The average Bonchev–Trinajstić information content (AvgIpc) is 1.73. The molecule has 3 amide bonds. The van der Waals surface area contributed by atoms with E-state index in [1.165, 1.54) is 14.2 Å². The number of benzene rings is 2. The second-order valence-corrected chi connectivity index (χ2v) is 23.4. The minimum absolute atomic E-state index is 0.0132. The fourth-order valence-electron chi connectivity index (χ4n) is 9.24. The fraction of sp³-hybridized carbons (Fsp3) is 0.683. The summed E-state index contributed by atoms with van der Waals surface area (Å²) in [7, 11) is 2.63. The van der Waals surface area contributed by atoms with Gasteiger partial charge in [0.05, 0.1) is 144 Å². The molecule has 0 aliphatic carbocycles. The number of aliphatic imine (C=N–C) groups is 1. The number of ether oxygens (including phenoxy) is 12. The summed E-state index contributed by atoms with van der Waals surface area (Å²) in [5.74, 6) is -1.17. The number of unbranched alkanes of at least 4 members (excludes halogenated alkanes) is 2. The van der Waals surface area contributed by atoms with Gasteiger partial charge in [-0.1, -0.05) is 22.4 Å². The highest BCUT2D eigenvalue weighted by atomic mass is 16.6. The molecule has 29 nitrogen and oxygen atoms in total. The summed E-state index contributed by atoms with van der Waals surface area (Å²) in [6.45, 7) is 17.7. The molecular weight excluding hydrogens is 1200 g/mol. The van der Waals surface area contributed by atoms with E-state index in [4.69, 9.17) is 79.0 Å². The van der Waals surface area contributed by atoms with E-state index < -0.39 is 47.0 Å². The van der Waals surface area contributed by atoms with E-state index in [1.54, 1.807) is 51.3 Å². The number of hydrogen-bond acceptors (Lipinski definition) is 21. The van der Waals surface area contributed by atoms with Gasteiger partial charge in [0, 0.05) is 61.2 Å². The molecule has 3 N–H and O–H groups in total. The number of methoxy groups -OCH3 is 2. The van der Waals surface area contributed by atoms with Gasteiger partial charge in [0.1, 0.15) is 22.7 Å². The van der Waals surface area contributed by atoms with Gasteiger partial charge < -0.3 is 72.4 Å². The maximum absolute atomic E-state index is 13.6. The highest BCUT2D eigenvalue weighted by Gasteiger charge is 2.33. The zero-order chi connectivity index (χ0) is 67.6. The molecule has 0 saturated heterocycles. The summed E-state index contributed by atoms with van der Waals surface area (Å²) in [5.41, 5.74) is 24.7. The largest absolute Gasteiger partial charge is 0.494 e. The van der Waals surface area contributed by atoms with Gasteiger partial charge in [0.25, 0.3) is 0 Å². The van der Waals surface area contributed by atoms with Crippen LogP contribution in [0.3, 0.4) is 0 Å². The molecule has 2 aliphatic rings. The van der Waals surface area contributed by atoms with Crippen LogP contribution in [0, 0.1) is 17.2 Å². The number of rotatable bonds is 42. The van der Waals surface area contributed by atoms with Gasteiger partial charge in [-0.3, -0.25) is 29.4 Å². The highest BCUT2D eigenvalue weighted by Crippen LogP contribution is 2.31. The SMILES string of the molecule is COC(=O)C[C@@H]1Cc2ccc(OCCCCC(=N)N)cc2CN(CCOCCOCCOCCN=[N+]=[N-])C1=O.COC(=O)C[C@@H]1Cc2ccc(OCCCCC(CC(=O)OC(C)(C)C)=NC(=O)OC(C)(C)C)cc2CN(CCOCCOCCOCCN=[N+]=[N-])C1=O. The molecule has 0 aromatic heterocycles. The Bertz CT molecular complexity index is 2740. The first-order valence-corrected chi connectivity index (χ1v) is 31.1. The maximum Gasteiger partial charge on any atom is 0.434 e. The van der Waals surface area contributed by atoms with E-state index in [2.05, 4.69) is 25.0 Å². The molecule has 0 saturated carbocycles. The first-order chi connectivity index (χ1) is 44.0. The molecule has 2 aromatic carbocycles. The van der Waals surface area contributed by atoms with Crippen LogP contribution in [-0.4, -0.2) is 201 Å². The second-order valence-electron chi connectivity index (χ2n) is 23.4. The molecule has 0 spiro atoms. The first-order valence-electron chi connectivity index (χ1n) is 31.1. The maximum atomic E-state index is 13.6. The molecule has 2 heterocycles. The number of nitrogens with zero attached hydrogens (tertiary/aromatic N) is 9. The number of carbonyl (C=O) groups excluding carboxylic acids is 6. The number of carbonyl (C=O) groups is 6. The summed E-state index contributed by atoms with van der Waals surface area (Å²) in [5, 5.41) is 14.1. The standard InChI is InChI=1S/C37H57N5O11.C26H40N6O7/c1-36(2,3)52-33(44)25-30(40-35(46)53-37(4,5)6)10-8-9-15-51-31-12-11-27-22-28(24-32(43)47-7)34(45)42(26-29(27)23-31)14-17-49-19-21-50-20-18-48-16-13-39-41-38;1-35-25(33)18-21-16-20-5-6-23(39-9-3-2-4-24(27)28)17-22(20)19-32(26(21)34)8-11-37-13-15-38-14-12-36-10-7-30-31-29/h11-12,23,28H,8-10,13-22,24-26H2,1-7H3;5-6,17,21H,2-4,7-16,18-19H2,1H3,(H3,27,28)/t28-;21-/m00/s1. The molecular formula is C63H97N11O18. The summed E-state index contributed by atoms with van der Waals surface area (Å²) >= 11 is 0. The van der Waals surface area contributed by atoms with Crippen LogP contribution in [0.4, 0.5) is 4.79 Å². The number of amidine groups is 1. The van der Waals surface area contributed by atoms with Crippen molar-refractivity contribution < 1.29 is 85.6 Å². The van der Waals surface area contributed by atoms with Gasteiger partial charge in [-0.05, 0) is 144 Å². The van der Waals surface area contributed by atoms with Crippen molar-refractivity contribution in [3.05, 3.63) is 79.5 Å². The number of amides is 3. The molecule has 2 aliphatic heterocycles. The Morgan fingerprint density at radius 3 is 1.35 bits per heavy atom. The Kier molecular flexibility index (Phi) is 38.3. The molecule has 0 fully saturated rings. The third-order valence-electron chi connectivity index (χ3n) is 13.6. The molecule has 0 bridgehead atoms. The lowest BCUT2D eigenvalue weighted by Crippen LogP contribution is -2.38. The molecule has 2 aromatic rings. The topological polar surface area (TPSA) is 379 Å². The smallest absolute Gasteiger partial charge is 0.434 e. The number of nitrogens with two attached hydrogens (primary N) is 1. The van der Waals surface area contributed by atoms with Crippen LogP contribution in [0.2, 0.25) is 0 Å². The molecule has 0 radical (unpaired) electrons. The number of azide groups is 2. The van der Waals surface area contributed by atoms with E-state index in [0.717, 1.165) is 35.1 Å². The lowest BCUT2D eigenvalue weighted by atomic mass is 9.94. The van der Waals surface area contributed by atoms with Crippen molar-refractivity contribution in [2.24, 2.45) is 32.8 Å². The van der Waals surface area contributed by atoms with E-state index in [0.29, 0.717) is 168 Å². The Balaban J connectivity index is 0.000000503. The van der Waals surface area contributed by atoms with Crippen molar-refractivity contribution in [1.29, 1.82) is 5.41 Å². The van der Waals surface area contributed by atoms with Crippen molar-refractivity contribution in [1.82, 2.24) is 9.80 Å². The van der Waals surface area contributed by atoms with Gasteiger partial charge in [0.2, 0.25) is 11.8 Å². The summed E-state index contributed by atoms with van der Waals surface area (Å²) in [6.07, 6.45) is 3.67. The first kappa shape index (κ1) is 78.6. The van der Waals surface area contributed by atoms with Crippen LogP contribution in [0.15, 0.2) is 51.6 Å². The fourth-order valence-corrected chi connectivity index (χ4v) is 9.24. The van der Waals surface area contributed by atoms with Crippen LogP contribution in [0.1, 0.15) is 122 Å². The van der Waals surface area contributed by atoms with Gasteiger partial charge in [-0.25, -0.2) is 4.79 Å².